The summed E-state index contributed by atoms with van der Waals surface area (Å²) < 4.78 is 1.27. The second-order valence-electron chi connectivity index (χ2n) is 6.39. The van der Waals surface area contributed by atoms with E-state index < -0.39 is 0 Å². The summed E-state index contributed by atoms with van der Waals surface area (Å²) >= 11 is 2.38. The van der Waals surface area contributed by atoms with Crippen molar-refractivity contribution in [1.29, 1.82) is 5.26 Å². The molecule has 0 amide bonds. The largest absolute Gasteiger partial charge is 0.399 e. The highest BCUT2D eigenvalue weighted by Gasteiger charge is 2.06. The Bertz CT molecular complexity index is 848. The van der Waals surface area contributed by atoms with Gasteiger partial charge in [-0.15, -0.1) is 0 Å². The summed E-state index contributed by atoms with van der Waals surface area (Å²) in [4.78, 5) is 0. The second kappa shape index (κ2) is 12.8. The molecule has 0 spiro atoms. The molecule has 0 aliphatic carbocycles. The third kappa shape index (κ3) is 8.92. The number of nitrogen functional groups attached to an aromatic ring is 1. The average molecular weight is 485 g/mol. The van der Waals surface area contributed by atoms with Crippen LogP contribution in [-0.2, 0) is 0 Å². The first kappa shape index (κ1) is 23.5. The smallest absolute Gasteiger partial charge is 0.0587 e. The lowest BCUT2D eigenvalue weighted by Gasteiger charge is -2.17. The van der Waals surface area contributed by atoms with E-state index in [-0.39, 0.29) is 0 Å². The molecule has 0 saturated heterocycles. The van der Waals surface area contributed by atoms with Gasteiger partial charge in [-0.1, -0.05) is 54.1 Å². The third-order valence-corrected chi connectivity index (χ3v) is 4.77. The number of halogens is 1. The van der Waals surface area contributed by atoms with Crippen LogP contribution in [0.2, 0.25) is 0 Å². The minimum absolute atomic E-state index is 0.326. The second-order valence-corrected chi connectivity index (χ2v) is 7.56. The number of hydrogen-bond acceptors (Lipinski definition) is 3. The molecule has 3 N–H and O–H groups in total. The molecule has 3 nitrogen and oxygen atoms in total. The molecule has 0 bridgehead atoms. The van der Waals surface area contributed by atoms with E-state index >= 15 is 0 Å². The maximum atomic E-state index is 7.32. The fourth-order valence-electron chi connectivity index (χ4n) is 2.36. The first-order chi connectivity index (χ1) is 13.4. The van der Waals surface area contributed by atoms with Crippen molar-refractivity contribution in [2.45, 2.75) is 33.7 Å². The number of hydrogen-bond donors (Lipinski definition) is 2. The van der Waals surface area contributed by atoms with Gasteiger partial charge in [0.15, 0.2) is 0 Å². The highest BCUT2D eigenvalue weighted by Crippen LogP contribution is 2.24. The Morgan fingerprint density at radius 3 is 1.96 bits per heavy atom. The first-order valence-corrected chi connectivity index (χ1v) is 10.2. The van der Waals surface area contributed by atoms with Crippen LogP contribution in [0.15, 0.2) is 72.8 Å². The minimum atomic E-state index is 0.326. The van der Waals surface area contributed by atoms with Crippen LogP contribution >= 0.6 is 22.6 Å². The standard InChI is InChI=1S/C15H16IN.C7H9N.C2H3N/c1-11-8-9-15(14(16)10-11)17-12(2)13-6-4-3-5-7-13;1-6-2-4-7(8)5-3-6;1-2-3/h3-10,12,17H,1-2H3;2-5H,8H2,1H3;1H3. The summed E-state index contributed by atoms with van der Waals surface area (Å²) in [5.41, 5.74) is 11.3. The molecule has 3 aromatic carbocycles. The monoisotopic (exact) mass is 485 g/mol. The van der Waals surface area contributed by atoms with E-state index in [1.54, 1.807) is 6.07 Å². The van der Waals surface area contributed by atoms with Crippen molar-refractivity contribution in [2.75, 3.05) is 11.1 Å². The lowest BCUT2D eigenvalue weighted by Crippen LogP contribution is -2.07. The van der Waals surface area contributed by atoms with Gasteiger partial charge >= 0.3 is 0 Å². The summed E-state index contributed by atoms with van der Waals surface area (Å²) in [5.74, 6) is 0. The Kier molecular flexibility index (Phi) is 10.7. The van der Waals surface area contributed by atoms with Crippen LogP contribution in [-0.4, -0.2) is 0 Å². The number of benzene rings is 3. The van der Waals surface area contributed by atoms with Crippen molar-refractivity contribution in [3.8, 4) is 6.07 Å². The van der Waals surface area contributed by atoms with Gasteiger partial charge < -0.3 is 11.1 Å². The molecule has 146 valence electrons. The number of nitrogens with one attached hydrogen (secondary N) is 1. The molecule has 1 unspecified atom stereocenters. The molecule has 4 heteroatoms. The Morgan fingerprint density at radius 1 is 0.929 bits per heavy atom. The third-order valence-electron chi connectivity index (χ3n) is 3.87. The average Bonchev–Trinajstić information content (AvgIpc) is 2.68. The lowest BCUT2D eigenvalue weighted by molar-refractivity contribution is 0.883. The summed E-state index contributed by atoms with van der Waals surface area (Å²) in [6, 6.07) is 26.9. The molecule has 0 radical (unpaired) electrons. The van der Waals surface area contributed by atoms with Gasteiger partial charge in [-0.25, -0.2) is 0 Å². The van der Waals surface area contributed by atoms with Crippen LogP contribution in [0.4, 0.5) is 11.4 Å². The van der Waals surface area contributed by atoms with Crippen molar-refractivity contribution < 1.29 is 0 Å². The van der Waals surface area contributed by atoms with Gasteiger partial charge in [-0.2, -0.15) is 5.26 Å². The molecular formula is C24H28IN3. The zero-order valence-electron chi connectivity index (χ0n) is 16.9. The zero-order valence-corrected chi connectivity index (χ0v) is 19.1. The van der Waals surface area contributed by atoms with Crippen molar-refractivity contribution >= 4 is 34.0 Å². The van der Waals surface area contributed by atoms with E-state index in [2.05, 4.69) is 84.2 Å². The van der Waals surface area contributed by atoms with Crippen LogP contribution in [0.5, 0.6) is 0 Å². The van der Waals surface area contributed by atoms with Crippen molar-refractivity contribution in [2.24, 2.45) is 0 Å². The maximum Gasteiger partial charge on any atom is 0.0587 e. The van der Waals surface area contributed by atoms with E-state index in [0.717, 1.165) is 5.69 Å². The van der Waals surface area contributed by atoms with E-state index in [9.17, 15) is 0 Å². The maximum absolute atomic E-state index is 7.32. The molecular weight excluding hydrogens is 457 g/mol. The van der Waals surface area contributed by atoms with Crippen LogP contribution < -0.4 is 11.1 Å². The van der Waals surface area contributed by atoms with Gasteiger partial charge in [-0.3, -0.25) is 0 Å². The zero-order chi connectivity index (χ0) is 20.9. The molecule has 0 heterocycles. The van der Waals surface area contributed by atoms with E-state index in [4.69, 9.17) is 11.0 Å². The topological polar surface area (TPSA) is 61.8 Å². The fraction of sp³-hybridized carbons (Fsp3) is 0.208. The van der Waals surface area contributed by atoms with Crippen LogP contribution in [0.1, 0.15) is 36.6 Å². The summed E-state index contributed by atoms with van der Waals surface area (Å²) in [6.07, 6.45) is 0. The van der Waals surface area contributed by atoms with Gasteiger partial charge in [0, 0.05) is 27.9 Å². The van der Waals surface area contributed by atoms with Crippen LogP contribution in [0.3, 0.4) is 0 Å². The van der Waals surface area contributed by atoms with Crippen LogP contribution in [0, 0.1) is 28.7 Å². The highest BCUT2D eigenvalue weighted by atomic mass is 127. The van der Waals surface area contributed by atoms with Crippen molar-refractivity contribution in [3.05, 3.63) is 93.1 Å². The van der Waals surface area contributed by atoms with Gasteiger partial charge in [-0.05, 0) is 78.8 Å². The highest BCUT2D eigenvalue weighted by molar-refractivity contribution is 14.1. The molecule has 1 atom stereocenters. The molecule has 28 heavy (non-hydrogen) atoms. The summed E-state index contributed by atoms with van der Waals surface area (Å²) in [5, 5.41) is 10.9. The number of nitrogens with two attached hydrogens (primary N) is 1. The fourth-order valence-corrected chi connectivity index (χ4v) is 3.19. The van der Waals surface area contributed by atoms with Crippen molar-refractivity contribution in [3.63, 3.8) is 0 Å². The van der Waals surface area contributed by atoms with E-state index in [0.29, 0.717) is 6.04 Å². The van der Waals surface area contributed by atoms with Gasteiger partial charge in [0.25, 0.3) is 0 Å². The Morgan fingerprint density at radius 2 is 1.46 bits per heavy atom. The van der Waals surface area contributed by atoms with Gasteiger partial charge in [0.2, 0.25) is 0 Å². The van der Waals surface area contributed by atoms with E-state index in [1.165, 1.54) is 32.9 Å². The summed E-state index contributed by atoms with van der Waals surface area (Å²) in [7, 11) is 0. The molecule has 0 saturated carbocycles. The molecule has 0 aliphatic heterocycles. The number of nitrogens with zero attached hydrogens (tertiary/aromatic N) is 1. The first-order valence-electron chi connectivity index (χ1n) is 9.08. The quantitative estimate of drug-likeness (QED) is 0.314. The van der Waals surface area contributed by atoms with Crippen LogP contribution in [0.25, 0.3) is 0 Å². The van der Waals surface area contributed by atoms with Gasteiger partial charge in [0.1, 0.15) is 0 Å². The number of anilines is 2. The Labute approximate surface area is 182 Å². The predicted molar refractivity (Wildman–Crippen MR) is 129 cm³/mol. The molecule has 3 rings (SSSR count). The summed E-state index contributed by atoms with van der Waals surface area (Å²) in [6.45, 7) is 7.78. The van der Waals surface area contributed by atoms with Gasteiger partial charge in [0.05, 0.1) is 6.07 Å². The molecule has 0 aromatic heterocycles. The SMILES string of the molecule is CC#N.Cc1ccc(N)cc1.Cc1ccc(NC(C)c2ccccc2)c(I)c1. The number of nitriles is 1. The molecule has 0 aliphatic rings. The molecule has 3 aromatic rings. The molecule has 0 fully saturated rings. The van der Waals surface area contributed by atoms with Crippen molar-refractivity contribution in [1.82, 2.24) is 0 Å². The Hall–Kier alpha value is -2.52. The number of aryl methyl sites for hydroxylation is 2. The Balaban J connectivity index is 0.000000296. The minimum Gasteiger partial charge on any atom is -0.399 e. The lowest BCUT2D eigenvalue weighted by atomic mass is 10.1. The van der Waals surface area contributed by atoms with E-state index in [1.807, 2.05) is 37.3 Å². The number of rotatable bonds is 3. The predicted octanol–water partition coefficient (Wildman–Crippen LogP) is 6.88. The normalized spacial score (nSPS) is 10.3.